The largest absolute Gasteiger partial charge is 0.135 e. The maximum Gasteiger partial charge on any atom is 0.0392 e. The molecular formula is C35H36S. The Hall–Kier alpha value is -2.90. The van der Waals surface area contributed by atoms with Crippen molar-refractivity contribution in [2.45, 2.75) is 71.1 Å². The first-order valence-electron chi connectivity index (χ1n) is 13.2. The van der Waals surface area contributed by atoms with E-state index in [2.05, 4.69) is 127 Å². The molecule has 1 heteroatoms. The number of fused-ring (bicyclic) bond motifs is 6. The molecule has 0 nitrogen and oxygen atoms in total. The Morgan fingerprint density at radius 3 is 2.22 bits per heavy atom. The van der Waals surface area contributed by atoms with Crippen LogP contribution in [0.3, 0.4) is 0 Å². The second-order valence-corrected chi connectivity index (χ2v) is 13.9. The van der Waals surface area contributed by atoms with E-state index in [4.69, 9.17) is 0 Å². The molecule has 0 N–H and O–H groups in total. The lowest BCUT2D eigenvalue weighted by Crippen LogP contribution is -2.22. The van der Waals surface area contributed by atoms with Gasteiger partial charge in [0.05, 0.1) is 0 Å². The summed E-state index contributed by atoms with van der Waals surface area (Å²) in [5.41, 5.74) is 10.2. The molecule has 0 fully saturated rings. The van der Waals surface area contributed by atoms with E-state index in [9.17, 15) is 0 Å². The molecule has 1 heterocycles. The number of rotatable bonds is 3. The molecule has 0 bridgehead atoms. The van der Waals surface area contributed by atoms with Crippen molar-refractivity contribution in [3.63, 3.8) is 0 Å². The highest BCUT2D eigenvalue weighted by Gasteiger charge is 2.36. The third-order valence-electron chi connectivity index (χ3n) is 8.38. The van der Waals surface area contributed by atoms with Crippen molar-refractivity contribution in [2.24, 2.45) is 0 Å². The Morgan fingerprint density at radius 2 is 1.44 bits per heavy atom. The van der Waals surface area contributed by atoms with Crippen LogP contribution in [0.25, 0.3) is 31.3 Å². The molecule has 0 unspecified atom stereocenters. The minimum Gasteiger partial charge on any atom is -0.135 e. The maximum absolute atomic E-state index is 2.49. The van der Waals surface area contributed by atoms with Gasteiger partial charge in [-0.2, -0.15) is 0 Å². The summed E-state index contributed by atoms with van der Waals surface area (Å²) < 4.78 is 2.84. The monoisotopic (exact) mass is 488 g/mol. The normalized spacial score (nSPS) is 14.9. The molecular weight excluding hydrogens is 452 g/mol. The molecule has 6 rings (SSSR count). The summed E-state index contributed by atoms with van der Waals surface area (Å²) in [7, 11) is 0. The first-order chi connectivity index (χ1) is 17.0. The fraction of sp³-hybridized carbons (Fsp3) is 0.314. The predicted molar refractivity (Wildman–Crippen MR) is 159 cm³/mol. The molecule has 0 spiro atoms. The summed E-state index contributed by atoms with van der Waals surface area (Å²) in [6.07, 6.45) is 1.02. The Labute approximate surface area is 220 Å². The zero-order valence-electron chi connectivity index (χ0n) is 22.6. The Kier molecular flexibility index (Phi) is 5.09. The van der Waals surface area contributed by atoms with Gasteiger partial charge in [0, 0.05) is 25.6 Å². The molecule has 0 atom stereocenters. The minimum atomic E-state index is 0.0404. The van der Waals surface area contributed by atoms with Gasteiger partial charge in [-0.15, -0.1) is 11.3 Å². The van der Waals surface area contributed by atoms with Crippen molar-refractivity contribution in [3.8, 4) is 11.1 Å². The lowest BCUT2D eigenvalue weighted by atomic mass is 9.75. The fourth-order valence-corrected chi connectivity index (χ4v) is 7.77. The van der Waals surface area contributed by atoms with Gasteiger partial charge in [0.25, 0.3) is 0 Å². The van der Waals surface area contributed by atoms with Gasteiger partial charge in [0.2, 0.25) is 0 Å². The van der Waals surface area contributed by atoms with E-state index >= 15 is 0 Å². The highest BCUT2D eigenvalue weighted by atomic mass is 32.1. The standard InChI is InChI=1S/C35H36S/c1-33(2,3)29-14-10-12-27-26-17-15-22(19-31(26)36-32(27)29)21-34(4,5)23-16-18-25-24-11-8-9-13-28(24)35(6,7)30(25)20-23/h8-20H,21H2,1-7H3. The van der Waals surface area contributed by atoms with Crippen LogP contribution in [0.4, 0.5) is 0 Å². The second kappa shape index (κ2) is 7.80. The van der Waals surface area contributed by atoms with E-state index in [-0.39, 0.29) is 16.2 Å². The summed E-state index contributed by atoms with van der Waals surface area (Å²) in [6, 6.07) is 30.1. The molecule has 0 radical (unpaired) electrons. The first kappa shape index (κ1) is 23.5. The zero-order valence-corrected chi connectivity index (χ0v) is 23.4. The fourth-order valence-electron chi connectivity index (χ4n) is 6.28. The van der Waals surface area contributed by atoms with Crippen molar-refractivity contribution in [1.29, 1.82) is 0 Å². The van der Waals surface area contributed by atoms with Crippen LogP contribution < -0.4 is 0 Å². The molecule has 1 aliphatic rings. The van der Waals surface area contributed by atoms with Gasteiger partial charge >= 0.3 is 0 Å². The topological polar surface area (TPSA) is 0 Å². The lowest BCUT2D eigenvalue weighted by Gasteiger charge is -2.28. The van der Waals surface area contributed by atoms with E-state index in [1.54, 1.807) is 0 Å². The Bertz CT molecular complexity index is 1640. The van der Waals surface area contributed by atoms with Crippen LogP contribution in [-0.4, -0.2) is 0 Å². The average Bonchev–Trinajstić information content (AvgIpc) is 3.30. The van der Waals surface area contributed by atoms with Gasteiger partial charge in [-0.3, -0.25) is 0 Å². The summed E-state index contributed by atoms with van der Waals surface area (Å²) in [5.74, 6) is 0. The van der Waals surface area contributed by atoms with Crippen LogP contribution in [0, 0.1) is 0 Å². The molecule has 0 saturated carbocycles. The van der Waals surface area contributed by atoms with Crippen LogP contribution in [0.1, 0.15) is 76.3 Å². The van der Waals surface area contributed by atoms with Gasteiger partial charge < -0.3 is 0 Å². The smallest absolute Gasteiger partial charge is 0.0392 e. The molecule has 1 aliphatic carbocycles. The Morgan fingerprint density at radius 1 is 0.694 bits per heavy atom. The lowest BCUT2D eigenvalue weighted by molar-refractivity contribution is 0.520. The second-order valence-electron chi connectivity index (χ2n) is 12.9. The van der Waals surface area contributed by atoms with Crippen LogP contribution in [0.5, 0.6) is 0 Å². The van der Waals surface area contributed by atoms with Crippen LogP contribution in [0.15, 0.2) is 78.9 Å². The third-order valence-corrected chi connectivity index (χ3v) is 9.58. The van der Waals surface area contributed by atoms with Gasteiger partial charge in [-0.25, -0.2) is 0 Å². The molecule has 1 aromatic heterocycles. The Balaban J connectivity index is 1.37. The highest BCUT2D eigenvalue weighted by molar-refractivity contribution is 7.26. The van der Waals surface area contributed by atoms with Crippen LogP contribution in [-0.2, 0) is 22.7 Å². The molecule has 4 aromatic carbocycles. The van der Waals surface area contributed by atoms with E-state index < -0.39 is 0 Å². The zero-order chi connectivity index (χ0) is 25.5. The van der Waals surface area contributed by atoms with E-state index in [0.29, 0.717) is 0 Å². The predicted octanol–water partition coefficient (Wildman–Crippen LogP) is 10.2. The van der Waals surface area contributed by atoms with Crippen molar-refractivity contribution < 1.29 is 0 Å². The van der Waals surface area contributed by atoms with Crippen molar-refractivity contribution in [2.75, 3.05) is 0 Å². The number of benzene rings is 4. The summed E-state index contributed by atoms with van der Waals surface area (Å²) in [5, 5.41) is 2.79. The van der Waals surface area contributed by atoms with Gasteiger partial charge in [-0.05, 0) is 62.3 Å². The van der Waals surface area contributed by atoms with E-state index in [1.807, 2.05) is 11.3 Å². The maximum atomic E-state index is 2.49. The number of hydrogen-bond donors (Lipinski definition) is 0. The average molecular weight is 489 g/mol. The molecule has 0 amide bonds. The van der Waals surface area contributed by atoms with Gasteiger partial charge in [-0.1, -0.05) is 121 Å². The SMILES string of the molecule is CC(C)(C)c1cccc2c1sc1cc(CC(C)(C)c3ccc4c(c3)C(C)(C)c3ccccc3-4)ccc12. The molecule has 0 saturated heterocycles. The summed E-state index contributed by atoms with van der Waals surface area (Å²) >= 11 is 1.96. The number of hydrogen-bond acceptors (Lipinski definition) is 1. The summed E-state index contributed by atoms with van der Waals surface area (Å²) in [4.78, 5) is 0. The van der Waals surface area contributed by atoms with Crippen molar-refractivity contribution >= 4 is 31.5 Å². The molecule has 36 heavy (non-hydrogen) atoms. The first-order valence-corrected chi connectivity index (χ1v) is 14.0. The van der Waals surface area contributed by atoms with Crippen molar-refractivity contribution in [3.05, 3.63) is 107 Å². The molecule has 5 aromatic rings. The summed E-state index contributed by atoms with van der Waals surface area (Å²) in [6.45, 7) is 16.5. The quantitative estimate of drug-likeness (QED) is 0.237. The van der Waals surface area contributed by atoms with E-state index in [1.165, 1.54) is 59.1 Å². The van der Waals surface area contributed by atoms with E-state index in [0.717, 1.165) is 6.42 Å². The van der Waals surface area contributed by atoms with Crippen LogP contribution in [0.2, 0.25) is 0 Å². The van der Waals surface area contributed by atoms with Crippen molar-refractivity contribution in [1.82, 2.24) is 0 Å². The highest BCUT2D eigenvalue weighted by Crippen LogP contribution is 2.49. The number of thiophene rings is 1. The third kappa shape index (κ3) is 3.55. The molecule has 182 valence electrons. The minimum absolute atomic E-state index is 0.0404. The van der Waals surface area contributed by atoms with Gasteiger partial charge in [0.15, 0.2) is 0 Å². The van der Waals surface area contributed by atoms with Crippen LogP contribution >= 0.6 is 11.3 Å². The molecule has 0 aliphatic heterocycles. The van der Waals surface area contributed by atoms with Gasteiger partial charge in [0.1, 0.15) is 0 Å².